The Bertz CT molecular complexity index is 166. The first-order chi connectivity index (χ1) is 3.56. The smallest absolute Gasteiger partial charge is 0.287 e. The van der Waals surface area contributed by atoms with E-state index in [1.165, 1.54) is 0 Å². The summed E-state index contributed by atoms with van der Waals surface area (Å²) in [6, 6.07) is 0. The van der Waals surface area contributed by atoms with Gasteiger partial charge in [0.1, 0.15) is 0 Å². The molecular formula is C3H6O4S. The highest BCUT2D eigenvalue weighted by Crippen LogP contribution is 1.81. The summed E-state index contributed by atoms with van der Waals surface area (Å²) in [6.45, 7) is -0.389. The maximum absolute atomic E-state index is 9.75. The Balaban J connectivity index is 3.92. The molecular weight excluding hydrogens is 132 g/mol. The molecule has 0 rings (SSSR count). The van der Waals surface area contributed by atoms with Crippen molar-refractivity contribution in [3.05, 3.63) is 11.5 Å². The minimum Gasteiger partial charge on any atom is -0.392 e. The first kappa shape index (κ1) is 7.61. The summed E-state index contributed by atoms with van der Waals surface area (Å²) in [5, 5.41) is 8.49. The predicted octanol–water partition coefficient (Wildman–Crippen LogP) is -0.620. The SMILES string of the molecule is O=S(=O)(O)/C=C\CO. The standard InChI is InChI=1S/C3H6O4S/c4-2-1-3-8(5,6)7/h1,3-4H,2H2,(H,5,6,7)/b3-1-. The molecule has 0 saturated heterocycles. The summed E-state index contributed by atoms with van der Waals surface area (Å²) in [7, 11) is -4.03. The van der Waals surface area contributed by atoms with Crippen LogP contribution in [0.4, 0.5) is 0 Å². The second-order valence-electron chi connectivity index (χ2n) is 1.07. The number of hydrogen-bond donors (Lipinski definition) is 2. The topological polar surface area (TPSA) is 74.6 Å². The van der Waals surface area contributed by atoms with Crippen LogP contribution in [0.5, 0.6) is 0 Å². The fraction of sp³-hybridized carbons (Fsp3) is 0.333. The number of rotatable bonds is 2. The largest absolute Gasteiger partial charge is 0.392 e. The minimum absolute atomic E-state index is 0.389. The van der Waals surface area contributed by atoms with Crippen molar-refractivity contribution in [1.29, 1.82) is 0 Å². The average Bonchev–Trinajstić information content (AvgIpc) is 1.59. The number of aliphatic hydroxyl groups excluding tert-OH is 1. The van der Waals surface area contributed by atoms with Crippen LogP contribution in [0.25, 0.3) is 0 Å². The first-order valence-electron chi connectivity index (χ1n) is 1.81. The van der Waals surface area contributed by atoms with Crippen LogP contribution in [0.1, 0.15) is 0 Å². The summed E-state index contributed by atoms with van der Waals surface area (Å²) in [5.74, 6) is 0. The van der Waals surface area contributed by atoms with Crippen molar-refractivity contribution in [2.45, 2.75) is 0 Å². The van der Waals surface area contributed by atoms with Crippen LogP contribution in [0.3, 0.4) is 0 Å². The lowest BCUT2D eigenvalue weighted by molar-refractivity contribution is 0.342. The summed E-state index contributed by atoms with van der Waals surface area (Å²) < 4.78 is 27.4. The molecule has 48 valence electrons. The van der Waals surface area contributed by atoms with Gasteiger partial charge in [0.25, 0.3) is 10.1 Å². The van der Waals surface area contributed by atoms with Crippen molar-refractivity contribution in [2.24, 2.45) is 0 Å². The van der Waals surface area contributed by atoms with Gasteiger partial charge in [0.2, 0.25) is 0 Å². The van der Waals surface area contributed by atoms with E-state index in [0.29, 0.717) is 5.41 Å². The van der Waals surface area contributed by atoms with Gasteiger partial charge in [-0.05, 0) is 6.08 Å². The van der Waals surface area contributed by atoms with Crippen LogP contribution in [-0.2, 0) is 10.1 Å². The summed E-state index contributed by atoms with van der Waals surface area (Å²) in [4.78, 5) is 0. The Morgan fingerprint density at radius 1 is 1.50 bits per heavy atom. The predicted molar refractivity (Wildman–Crippen MR) is 27.8 cm³/mol. The third-order valence-corrected chi connectivity index (χ3v) is 0.910. The van der Waals surface area contributed by atoms with Crippen molar-refractivity contribution in [3.8, 4) is 0 Å². The maximum Gasteiger partial charge on any atom is 0.287 e. The van der Waals surface area contributed by atoms with Crippen LogP contribution < -0.4 is 0 Å². The average molecular weight is 138 g/mol. The summed E-state index contributed by atoms with van der Waals surface area (Å²) in [5.41, 5.74) is 0. The van der Waals surface area contributed by atoms with E-state index in [2.05, 4.69) is 0 Å². The molecule has 2 N–H and O–H groups in total. The quantitative estimate of drug-likeness (QED) is 0.499. The molecule has 4 nitrogen and oxygen atoms in total. The molecule has 0 heterocycles. The number of aliphatic hydroxyl groups is 1. The lowest BCUT2D eigenvalue weighted by atomic mass is 10.7. The van der Waals surface area contributed by atoms with E-state index in [1.807, 2.05) is 0 Å². The van der Waals surface area contributed by atoms with Gasteiger partial charge in [-0.3, -0.25) is 4.55 Å². The summed E-state index contributed by atoms with van der Waals surface area (Å²) >= 11 is 0. The van der Waals surface area contributed by atoms with Crippen LogP contribution in [0.2, 0.25) is 0 Å². The van der Waals surface area contributed by atoms with Crippen molar-refractivity contribution in [3.63, 3.8) is 0 Å². The molecule has 0 aliphatic rings. The maximum atomic E-state index is 9.75. The van der Waals surface area contributed by atoms with Crippen LogP contribution in [-0.4, -0.2) is 24.7 Å². The van der Waals surface area contributed by atoms with Crippen LogP contribution in [0, 0.1) is 0 Å². The summed E-state index contributed by atoms with van der Waals surface area (Å²) in [6.07, 6.45) is 0.926. The Morgan fingerprint density at radius 3 is 2.12 bits per heavy atom. The molecule has 0 unspecified atom stereocenters. The third-order valence-electron chi connectivity index (χ3n) is 0.374. The molecule has 5 heteroatoms. The van der Waals surface area contributed by atoms with Crippen LogP contribution in [0.15, 0.2) is 11.5 Å². The fourth-order valence-corrected chi connectivity index (χ4v) is 0.494. The molecule has 0 bridgehead atoms. The van der Waals surface area contributed by atoms with Crippen LogP contribution >= 0.6 is 0 Å². The van der Waals surface area contributed by atoms with Crippen molar-refractivity contribution >= 4 is 10.1 Å². The molecule has 0 atom stereocenters. The zero-order valence-electron chi connectivity index (χ0n) is 3.98. The molecule has 0 fully saturated rings. The number of hydrogen-bond acceptors (Lipinski definition) is 3. The van der Waals surface area contributed by atoms with Crippen molar-refractivity contribution in [2.75, 3.05) is 6.61 Å². The van der Waals surface area contributed by atoms with E-state index >= 15 is 0 Å². The zero-order chi connectivity index (χ0) is 6.62. The Kier molecular flexibility index (Phi) is 2.67. The van der Waals surface area contributed by atoms with Gasteiger partial charge in [-0.25, -0.2) is 0 Å². The van der Waals surface area contributed by atoms with Gasteiger partial charge in [-0.1, -0.05) is 0 Å². The highest BCUT2D eigenvalue weighted by molar-refractivity contribution is 7.88. The van der Waals surface area contributed by atoms with Gasteiger partial charge >= 0.3 is 0 Å². The normalized spacial score (nSPS) is 12.8. The molecule has 0 aliphatic heterocycles. The Labute approximate surface area is 47.2 Å². The minimum atomic E-state index is -4.03. The second-order valence-corrected chi connectivity index (χ2v) is 2.37. The van der Waals surface area contributed by atoms with E-state index in [4.69, 9.17) is 9.66 Å². The van der Waals surface area contributed by atoms with E-state index < -0.39 is 10.1 Å². The van der Waals surface area contributed by atoms with E-state index in [9.17, 15) is 8.42 Å². The van der Waals surface area contributed by atoms with Gasteiger partial charge in [0.15, 0.2) is 0 Å². The lowest BCUT2D eigenvalue weighted by Gasteiger charge is -1.79. The molecule has 0 aromatic rings. The van der Waals surface area contributed by atoms with E-state index in [-0.39, 0.29) is 6.61 Å². The van der Waals surface area contributed by atoms with Gasteiger partial charge in [0, 0.05) is 0 Å². The Hall–Kier alpha value is -0.390. The van der Waals surface area contributed by atoms with E-state index in [0.717, 1.165) is 6.08 Å². The van der Waals surface area contributed by atoms with Gasteiger partial charge in [-0.15, -0.1) is 0 Å². The molecule has 0 spiro atoms. The van der Waals surface area contributed by atoms with E-state index in [1.54, 1.807) is 0 Å². The van der Waals surface area contributed by atoms with Gasteiger partial charge < -0.3 is 5.11 Å². The third kappa shape index (κ3) is 5.61. The fourth-order valence-electron chi connectivity index (χ4n) is 0.165. The zero-order valence-corrected chi connectivity index (χ0v) is 4.80. The lowest BCUT2D eigenvalue weighted by Crippen LogP contribution is -1.89. The molecule has 0 aromatic heterocycles. The van der Waals surface area contributed by atoms with Gasteiger partial charge in [0.05, 0.1) is 12.0 Å². The van der Waals surface area contributed by atoms with Crippen molar-refractivity contribution in [1.82, 2.24) is 0 Å². The van der Waals surface area contributed by atoms with Gasteiger partial charge in [-0.2, -0.15) is 8.42 Å². The Morgan fingerprint density at radius 2 is 2.00 bits per heavy atom. The highest BCUT2D eigenvalue weighted by atomic mass is 32.2. The first-order valence-corrected chi connectivity index (χ1v) is 3.31. The molecule has 0 aliphatic carbocycles. The highest BCUT2D eigenvalue weighted by Gasteiger charge is 1.91. The molecule has 0 aromatic carbocycles. The molecule has 8 heavy (non-hydrogen) atoms. The van der Waals surface area contributed by atoms with Crippen molar-refractivity contribution < 1.29 is 18.1 Å². The molecule has 0 amide bonds. The molecule has 0 saturated carbocycles. The monoisotopic (exact) mass is 138 g/mol. The molecule has 0 radical (unpaired) electrons. The second kappa shape index (κ2) is 2.81.